The van der Waals surface area contributed by atoms with Crippen molar-refractivity contribution in [2.24, 2.45) is 10.8 Å². The summed E-state index contributed by atoms with van der Waals surface area (Å²) >= 11 is 6.07. The SMILES string of the molecule is CC(C)(C)CCOc1cc(C(=O)C(C)(C)C)ncc1Cl. The molecule has 1 aromatic heterocycles. The van der Waals surface area contributed by atoms with Crippen LogP contribution in [-0.4, -0.2) is 17.4 Å². The summed E-state index contributed by atoms with van der Waals surface area (Å²) < 4.78 is 5.69. The quantitative estimate of drug-likeness (QED) is 0.751. The molecule has 0 unspecified atom stereocenters. The first-order valence-electron chi connectivity index (χ1n) is 6.84. The lowest BCUT2D eigenvalue weighted by atomic mass is 9.89. The second-order valence-corrected chi connectivity index (χ2v) is 7.65. The van der Waals surface area contributed by atoms with Crippen LogP contribution in [0.15, 0.2) is 12.3 Å². The van der Waals surface area contributed by atoms with Gasteiger partial charge in [-0.15, -0.1) is 0 Å². The molecule has 0 saturated heterocycles. The number of nitrogens with zero attached hydrogens (tertiary/aromatic N) is 1. The van der Waals surface area contributed by atoms with Gasteiger partial charge in [0, 0.05) is 11.5 Å². The lowest BCUT2D eigenvalue weighted by Gasteiger charge is -2.19. The van der Waals surface area contributed by atoms with Gasteiger partial charge in [0.2, 0.25) is 0 Å². The summed E-state index contributed by atoms with van der Waals surface area (Å²) in [5.74, 6) is 0.508. The predicted octanol–water partition coefficient (Wildman–Crippen LogP) is 4.78. The molecule has 1 aromatic rings. The molecule has 0 aliphatic carbocycles. The smallest absolute Gasteiger partial charge is 0.186 e. The highest BCUT2D eigenvalue weighted by molar-refractivity contribution is 6.32. The lowest BCUT2D eigenvalue weighted by Crippen LogP contribution is -2.21. The van der Waals surface area contributed by atoms with Gasteiger partial charge >= 0.3 is 0 Å². The summed E-state index contributed by atoms with van der Waals surface area (Å²) in [6.45, 7) is 12.6. The Hall–Kier alpha value is -1.09. The molecule has 20 heavy (non-hydrogen) atoms. The minimum absolute atomic E-state index is 0.0187. The van der Waals surface area contributed by atoms with E-state index in [1.165, 1.54) is 6.20 Å². The van der Waals surface area contributed by atoms with Crippen LogP contribution < -0.4 is 4.74 Å². The third-order valence-corrected chi connectivity index (χ3v) is 3.13. The van der Waals surface area contributed by atoms with E-state index in [2.05, 4.69) is 25.8 Å². The molecule has 3 nitrogen and oxygen atoms in total. The molecular weight excluding hydrogens is 274 g/mol. The molecule has 0 aromatic carbocycles. The number of aromatic nitrogens is 1. The molecule has 0 bridgehead atoms. The second-order valence-electron chi connectivity index (χ2n) is 7.24. The van der Waals surface area contributed by atoms with Gasteiger partial charge in [-0.2, -0.15) is 0 Å². The van der Waals surface area contributed by atoms with Crippen LogP contribution in [0.4, 0.5) is 0 Å². The van der Waals surface area contributed by atoms with Gasteiger partial charge in [-0.3, -0.25) is 9.78 Å². The molecule has 1 heterocycles. The first-order chi connectivity index (χ1) is 9.00. The maximum Gasteiger partial charge on any atom is 0.186 e. The first kappa shape index (κ1) is 17.0. The highest BCUT2D eigenvalue weighted by Gasteiger charge is 2.25. The van der Waals surface area contributed by atoms with Crippen LogP contribution in [0.2, 0.25) is 5.02 Å². The van der Waals surface area contributed by atoms with E-state index in [1.54, 1.807) is 6.07 Å². The molecule has 0 amide bonds. The molecule has 0 atom stereocenters. The Morgan fingerprint density at radius 3 is 2.35 bits per heavy atom. The molecule has 112 valence electrons. The molecule has 0 N–H and O–H groups in total. The van der Waals surface area contributed by atoms with Crippen LogP contribution in [0.5, 0.6) is 5.75 Å². The van der Waals surface area contributed by atoms with Crippen molar-refractivity contribution in [3.05, 3.63) is 23.0 Å². The van der Waals surface area contributed by atoms with E-state index in [4.69, 9.17) is 16.3 Å². The molecule has 0 fully saturated rings. The average molecular weight is 298 g/mol. The minimum Gasteiger partial charge on any atom is -0.492 e. The maximum absolute atomic E-state index is 12.2. The number of carbonyl (C=O) groups is 1. The highest BCUT2D eigenvalue weighted by Crippen LogP contribution is 2.28. The van der Waals surface area contributed by atoms with E-state index in [9.17, 15) is 4.79 Å². The van der Waals surface area contributed by atoms with Gasteiger partial charge in [0.1, 0.15) is 16.5 Å². The Morgan fingerprint density at radius 1 is 1.25 bits per heavy atom. The van der Waals surface area contributed by atoms with Gasteiger partial charge in [-0.05, 0) is 11.8 Å². The minimum atomic E-state index is -0.469. The fourth-order valence-electron chi connectivity index (χ4n) is 1.51. The van der Waals surface area contributed by atoms with Crippen molar-refractivity contribution in [2.75, 3.05) is 6.61 Å². The maximum atomic E-state index is 12.2. The average Bonchev–Trinajstić information content (AvgIpc) is 2.28. The highest BCUT2D eigenvalue weighted by atomic mass is 35.5. The van der Waals surface area contributed by atoms with Crippen LogP contribution >= 0.6 is 11.6 Å². The number of Topliss-reactive ketones (excluding diaryl/α,β-unsaturated/α-hetero) is 1. The summed E-state index contributed by atoms with van der Waals surface area (Å²) in [5, 5.41) is 0.435. The standard InChI is InChI=1S/C16H24ClNO2/c1-15(2,3)7-8-20-13-9-12(18-10-11(13)17)14(19)16(4,5)6/h9-10H,7-8H2,1-6H3. The zero-order chi connectivity index (χ0) is 15.6. The number of ketones is 1. The summed E-state index contributed by atoms with van der Waals surface area (Å²) in [7, 11) is 0. The third-order valence-electron chi connectivity index (χ3n) is 2.84. The number of halogens is 1. The number of pyridine rings is 1. The van der Waals surface area contributed by atoms with Gasteiger partial charge in [-0.1, -0.05) is 53.1 Å². The zero-order valence-electron chi connectivity index (χ0n) is 13.2. The van der Waals surface area contributed by atoms with Crippen molar-refractivity contribution in [2.45, 2.75) is 48.0 Å². The topological polar surface area (TPSA) is 39.2 Å². The second kappa shape index (κ2) is 6.13. The summed E-state index contributed by atoms with van der Waals surface area (Å²) in [4.78, 5) is 16.3. The van der Waals surface area contributed by atoms with E-state index in [0.29, 0.717) is 23.1 Å². The summed E-state index contributed by atoms with van der Waals surface area (Å²) in [6.07, 6.45) is 2.39. The van der Waals surface area contributed by atoms with Crippen molar-refractivity contribution in [3.63, 3.8) is 0 Å². The van der Waals surface area contributed by atoms with Crippen LogP contribution in [0.3, 0.4) is 0 Å². The fourth-order valence-corrected chi connectivity index (χ4v) is 1.66. The van der Waals surface area contributed by atoms with E-state index in [0.717, 1.165) is 6.42 Å². The van der Waals surface area contributed by atoms with Crippen molar-refractivity contribution in [1.82, 2.24) is 4.98 Å². The largest absolute Gasteiger partial charge is 0.492 e. The van der Waals surface area contributed by atoms with Gasteiger partial charge in [0.15, 0.2) is 5.78 Å². The predicted molar refractivity (Wildman–Crippen MR) is 82.6 cm³/mol. The van der Waals surface area contributed by atoms with E-state index in [1.807, 2.05) is 20.8 Å². The van der Waals surface area contributed by atoms with Crippen molar-refractivity contribution in [1.29, 1.82) is 0 Å². The summed E-state index contributed by atoms with van der Waals surface area (Å²) in [5.41, 5.74) is 0.125. The van der Waals surface area contributed by atoms with Gasteiger partial charge < -0.3 is 4.74 Å². The fraction of sp³-hybridized carbons (Fsp3) is 0.625. The Kier molecular flexibility index (Phi) is 5.20. The molecule has 1 rings (SSSR count). The Labute approximate surface area is 126 Å². The number of carbonyl (C=O) groups excluding carboxylic acids is 1. The molecule has 0 aliphatic heterocycles. The molecular formula is C16H24ClNO2. The van der Waals surface area contributed by atoms with Crippen LogP contribution in [0, 0.1) is 10.8 Å². The van der Waals surface area contributed by atoms with Crippen molar-refractivity contribution < 1.29 is 9.53 Å². The molecule has 0 spiro atoms. The molecule has 0 aliphatic rings. The molecule has 0 radical (unpaired) electrons. The normalized spacial score (nSPS) is 12.3. The third kappa shape index (κ3) is 5.12. The van der Waals surface area contributed by atoms with E-state index in [-0.39, 0.29) is 11.2 Å². The summed E-state index contributed by atoms with van der Waals surface area (Å²) in [6, 6.07) is 1.64. The van der Waals surface area contributed by atoms with E-state index < -0.39 is 5.41 Å². The number of hydrogen-bond acceptors (Lipinski definition) is 3. The number of ether oxygens (including phenoxy) is 1. The zero-order valence-corrected chi connectivity index (χ0v) is 14.0. The van der Waals surface area contributed by atoms with Gasteiger partial charge in [0.25, 0.3) is 0 Å². The lowest BCUT2D eigenvalue weighted by molar-refractivity contribution is 0.0852. The number of hydrogen-bond donors (Lipinski definition) is 0. The van der Waals surface area contributed by atoms with Crippen LogP contribution in [-0.2, 0) is 0 Å². The Balaban J connectivity index is 2.85. The van der Waals surface area contributed by atoms with Crippen LogP contribution in [0.25, 0.3) is 0 Å². The molecule has 0 saturated carbocycles. The monoisotopic (exact) mass is 297 g/mol. The van der Waals surface area contributed by atoms with Crippen molar-refractivity contribution >= 4 is 17.4 Å². The van der Waals surface area contributed by atoms with Crippen molar-refractivity contribution in [3.8, 4) is 5.75 Å². The first-order valence-corrected chi connectivity index (χ1v) is 7.22. The Morgan fingerprint density at radius 2 is 1.85 bits per heavy atom. The van der Waals surface area contributed by atoms with Gasteiger partial charge in [0.05, 0.1) is 12.8 Å². The van der Waals surface area contributed by atoms with Crippen LogP contribution in [0.1, 0.15) is 58.5 Å². The molecule has 4 heteroatoms. The number of rotatable bonds is 4. The van der Waals surface area contributed by atoms with Gasteiger partial charge in [-0.25, -0.2) is 0 Å². The Bertz CT molecular complexity index is 484. The van der Waals surface area contributed by atoms with E-state index >= 15 is 0 Å².